The van der Waals surface area contributed by atoms with E-state index in [9.17, 15) is 22.8 Å². The highest BCUT2D eigenvalue weighted by Crippen LogP contribution is 2.31. The van der Waals surface area contributed by atoms with Crippen LogP contribution in [0.5, 0.6) is 11.5 Å². The van der Waals surface area contributed by atoms with Gasteiger partial charge in [0.05, 0.1) is 23.5 Å². The second-order valence-electron chi connectivity index (χ2n) is 9.13. The Balaban J connectivity index is 1.29. The molecule has 0 radical (unpaired) electrons. The first-order valence-corrected chi connectivity index (χ1v) is 12.4. The third kappa shape index (κ3) is 6.62. The summed E-state index contributed by atoms with van der Waals surface area (Å²) in [7, 11) is 0. The van der Waals surface area contributed by atoms with Gasteiger partial charge in [0, 0.05) is 30.4 Å². The number of amides is 2. The number of likely N-dealkylation sites (tertiary alicyclic amines) is 1. The second-order valence-corrected chi connectivity index (χ2v) is 9.13. The normalized spacial score (nSPS) is 14.9. The fourth-order valence-electron chi connectivity index (χ4n) is 4.26. The maximum atomic E-state index is 13.0. The molecule has 0 aliphatic carbocycles. The third-order valence-electron chi connectivity index (χ3n) is 6.37. The molecule has 38 heavy (non-hydrogen) atoms. The molecule has 0 saturated carbocycles. The van der Waals surface area contributed by atoms with Crippen LogP contribution >= 0.6 is 0 Å². The summed E-state index contributed by atoms with van der Waals surface area (Å²) in [6, 6.07) is 11.1. The summed E-state index contributed by atoms with van der Waals surface area (Å²) in [5.74, 6) is 0.439. The van der Waals surface area contributed by atoms with Crippen LogP contribution in [0, 0.1) is 0 Å². The molecule has 7 nitrogen and oxygen atoms in total. The molecule has 200 valence electrons. The first-order chi connectivity index (χ1) is 18.1. The van der Waals surface area contributed by atoms with Gasteiger partial charge in [-0.1, -0.05) is 13.0 Å². The van der Waals surface area contributed by atoms with Gasteiger partial charge in [0.1, 0.15) is 11.5 Å². The molecule has 0 atom stereocenters. The van der Waals surface area contributed by atoms with E-state index < -0.39 is 11.7 Å². The van der Waals surface area contributed by atoms with Gasteiger partial charge < -0.3 is 15.0 Å². The number of rotatable bonds is 7. The van der Waals surface area contributed by atoms with Crippen molar-refractivity contribution in [3.05, 3.63) is 83.7 Å². The lowest BCUT2D eigenvalue weighted by Gasteiger charge is -2.32. The first-order valence-electron chi connectivity index (χ1n) is 12.4. The summed E-state index contributed by atoms with van der Waals surface area (Å²) in [4.78, 5) is 27.0. The Hall–Kier alpha value is -4.08. The molecule has 10 heteroatoms. The smallest absolute Gasteiger partial charge is 0.416 e. The van der Waals surface area contributed by atoms with E-state index in [0.717, 1.165) is 31.4 Å². The minimum atomic E-state index is -4.40. The zero-order valence-electron chi connectivity index (χ0n) is 21.2. The largest absolute Gasteiger partial charge is 0.457 e. The first kappa shape index (κ1) is 27.0. The lowest BCUT2D eigenvalue weighted by atomic mass is 10.0. The molecule has 0 spiro atoms. The molecule has 1 aromatic heterocycles. The number of aromatic nitrogens is 2. The fraction of sp³-hybridized carbons (Fsp3) is 0.321. The lowest BCUT2D eigenvalue weighted by molar-refractivity contribution is -0.137. The number of benzene rings is 2. The van der Waals surface area contributed by atoms with Crippen molar-refractivity contribution < 1.29 is 27.5 Å². The molecule has 2 amide bonds. The van der Waals surface area contributed by atoms with Crippen LogP contribution in [0.3, 0.4) is 0 Å². The zero-order valence-corrected chi connectivity index (χ0v) is 21.2. The summed E-state index contributed by atoms with van der Waals surface area (Å²) < 4.78 is 45.6. The summed E-state index contributed by atoms with van der Waals surface area (Å²) in [5, 5.41) is 7.25. The minimum absolute atomic E-state index is 0.101. The fourth-order valence-corrected chi connectivity index (χ4v) is 4.26. The number of hydrogen-bond acceptors (Lipinski definition) is 4. The van der Waals surface area contributed by atoms with Crippen LogP contribution in [-0.4, -0.2) is 39.6 Å². The third-order valence-corrected chi connectivity index (χ3v) is 6.37. The summed E-state index contributed by atoms with van der Waals surface area (Å²) in [6.45, 7) is 4.87. The van der Waals surface area contributed by atoms with E-state index in [1.165, 1.54) is 12.1 Å². The number of carbonyl (C=O) groups is 2. The number of anilines is 1. The minimum Gasteiger partial charge on any atom is -0.457 e. The number of ether oxygens (including phenoxy) is 1. The number of nitrogens with one attached hydrogen (secondary N) is 1. The highest BCUT2D eigenvalue weighted by atomic mass is 19.4. The standard InChI is InChI=1S/C28H29F3N4O3/c1-3-4-19(2)26(36)33-22-17-32-35(18-22)23-13-15-34(16-14-23)27(37)20-5-9-24(10-6-20)38-25-11-7-21(8-12-25)28(29,30)31/h4-12,17-18,23H,3,13-16H2,1-2H3,(H,33,36)/b19-4+. The van der Waals surface area contributed by atoms with Gasteiger partial charge in [0.15, 0.2) is 0 Å². The van der Waals surface area contributed by atoms with Gasteiger partial charge >= 0.3 is 6.18 Å². The van der Waals surface area contributed by atoms with Gasteiger partial charge in [-0.15, -0.1) is 0 Å². The van der Waals surface area contributed by atoms with Crippen LogP contribution in [0.25, 0.3) is 0 Å². The Bertz CT molecular complexity index is 1290. The molecule has 2 heterocycles. The molecule has 1 aliphatic rings. The molecule has 1 saturated heterocycles. The molecule has 1 fully saturated rings. The van der Waals surface area contributed by atoms with Gasteiger partial charge in [-0.3, -0.25) is 14.3 Å². The molecule has 1 aliphatic heterocycles. The Morgan fingerprint density at radius 3 is 2.24 bits per heavy atom. The average molecular weight is 527 g/mol. The maximum absolute atomic E-state index is 13.0. The van der Waals surface area contributed by atoms with E-state index in [-0.39, 0.29) is 23.6 Å². The molecular formula is C28H29F3N4O3. The molecule has 1 N–H and O–H groups in total. The summed E-state index contributed by atoms with van der Waals surface area (Å²) >= 11 is 0. The van der Waals surface area contributed by atoms with E-state index in [1.54, 1.807) is 42.3 Å². The number of carbonyl (C=O) groups excluding carboxylic acids is 2. The molecule has 2 aromatic carbocycles. The Morgan fingerprint density at radius 1 is 1.05 bits per heavy atom. The quantitative estimate of drug-likeness (QED) is 0.358. The van der Waals surface area contributed by atoms with Crippen molar-refractivity contribution in [3.63, 3.8) is 0 Å². The van der Waals surface area contributed by atoms with Crippen LogP contribution in [0.4, 0.5) is 18.9 Å². The molecular weight excluding hydrogens is 497 g/mol. The number of alkyl halides is 3. The van der Waals surface area contributed by atoms with Crippen LogP contribution < -0.4 is 10.1 Å². The predicted octanol–water partition coefficient (Wildman–Crippen LogP) is 6.47. The van der Waals surface area contributed by atoms with Crippen LogP contribution in [0.2, 0.25) is 0 Å². The van der Waals surface area contributed by atoms with E-state index >= 15 is 0 Å². The van der Waals surface area contributed by atoms with Gasteiger partial charge in [-0.25, -0.2) is 0 Å². The van der Waals surface area contributed by atoms with Gasteiger partial charge in [0.2, 0.25) is 0 Å². The number of nitrogens with zero attached hydrogens (tertiary/aromatic N) is 3. The predicted molar refractivity (Wildman–Crippen MR) is 137 cm³/mol. The van der Waals surface area contributed by atoms with Crippen molar-refractivity contribution in [3.8, 4) is 11.5 Å². The van der Waals surface area contributed by atoms with E-state index in [1.807, 2.05) is 23.9 Å². The Morgan fingerprint density at radius 2 is 1.66 bits per heavy atom. The summed E-state index contributed by atoms with van der Waals surface area (Å²) in [5.41, 5.74) is 1.05. The van der Waals surface area contributed by atoms with Crippen LogP contribution in [0.1, 0.15) is 55.1 Å². The van der Waals surface area contributed by atoms with Crippen molar-refractivity contribution in [2.24, 2.45) is 0 Å². The number of allylic oxidation sites excluding steroid dienone is 1. The van der Waals surface area contributed by atoms with Crippen molar-refractivity contribution in [2.45, 2.75) is 45.3 Å². The lowest BCUT2D eigenvalue weighted by Crippen LogP contribution is -2.39. The topological polar surface area (TPSA) is 76.5 Å². The van der Waals surface area contributed by atoms with Crippen molar-refractivity contribution in [2.75, 3.05) is 18.4 Å². The summed E-state index contributed by atoms with van der Waals surface area (Å²) in [6.07, 6.45) is 3.15. The molecule has 4 rings (SSSR count). The maximum Gasteiger partial charge on any atom is 0.416 e. The Kier molecular flexibility index (Phi) is 8.19. The van der Waals surface area contributed by atoms with Gasteiger partial charge in [0.25, 0.3) is 11.8 Å². The van der Waals surface area contributed by atoms with Crippen molar-refractivity contribution in [1.82, 2.24) is 14.7 Å². The van der Waals surface area contributed by atoms with Crippen molar-refractivity contribution in [1.29, 1.82) is 0 Å². The monoisotopic (exact) mass is 526 g/mol. The van der Waals surface area contributed by atoms with E-state index in [0.29, 0.717) is 35.7 Å². The zero-order chi connectivity index (χ0) is 27.3. The van der Waals surface area contributed by atoms with E-state index in [2.05, 4.69) is 10.4 Å². The van der Waals surface area contributed by atoms with Crippen LogP contribution in [-0.2, 0) is 11.0 Å². The van der Waals surface area contributed by atoms with E-state index in [4.69, 9.17) is 4.74 Å². The number of halogens is 3. The number of hydrogen-bond donors (Lipinski definition) is 1. The molecule has 3 aromatic rings. The SMILES string of the molecule is CC/C=C(\C)C(=O)Nc1cnn(C2CCN(C(=O)c3ccc(Oc4ccc(C(F)(F)F)cc4)cc3)CC2)c1. The highest BCUT2D eigenvalue weighted by Gasteiger charge is 2.30. The van der Waals surface area contributed by atoms with Gasteiger partial charge in [-0.05, 0) is 74.7 Å². The molecule has 0 unspecified atom stereocenters. The number of piperidine rings is 1. The second kappa shape index (κ2) is 11.5. The van der Waals surface area contributed by atoms with Crippen molar-refractivity contribution >= 4 is 17.5 Å². The van der Waals surface area contributed by atoms with Gasteiger partial charge in [-0.2, -0.15) is 18.3 Å². The van der Waals surface area contributed by atoms with Crippen LogP contribution in [0.15, 0.2) is 72.6 Å². The average Bonchev–Trinajstić information content (AvgIpc) is 3.37. The Labute approximate surface area is 218 Å². The molecule has 0 bridgehead atoms. The highest BCUT2D eigenvalue weighted by molar-refractivity contribution is 6.03.